The molecule has 21 heteroatoms. The maximum absolute atomic E-state index is 14.1. The molecule has 3 aromatic carbocycles. The van der Waals surface area contributed by atoms with Gasteiger partial charge in [-0.1, -0.05) is 47.6 Å². The first-order valence-corrected chi connectivity index (χ1v) is 21.1. The number of nitrogens with one attached hydrogen (secondary N) is 1. The fourth-order valence-corrected chi connectivity index (χ4v) is 7.48. The first kappa shape index (κ1) is 48.9. The Labute approximate surface area is 343 Å². The van der Waals surface area contributed by atoms with Gasteiger partial charge in [0.05, 0.1) is 22.2 Å². The van der Waals surface area contributed by atoms with Crippen LogP contribution in [0.15, 0.2) is 62.7 Å². The average molecular weight is 885 g/mol. The highest BCUT2D eigenvalue weighted by Crippen LogP contribution is 2.46. The molecule has 0 spiro atoms. The second kappa shape index (κ2) is 20.2. The van der Waals surface area contributed by atoms with E-state index in [-0.39, 0.29) is 22.6 Å². The summed E-state index contributed by atoms with van der Waals surface area (Å²) in [7, 11) is -10.5. The molecule has 6 N–H and O–H groups in total. The fourth-order valence-electron chi connectivity index (χ4n) is 6.00. The predicted octanol–water partition coefficient (Wildman–Crippen LogP) is 6.93. The van der Waals surface area contributed by atoms with Crippen molar-refractivity contribution >= 4 is 48.8 Å². The Morgan fingerprint density at radius 1 is 0.733 bits per heavy atom. The number of rotatable bonds is 12. The summed E-state index contributed by atoms with van der Waals surface area (Å²) in [4.78, 5) is 27.7. The van der Waals surface area contributed by atoms with Crippen LogP contribution in [0, 0.1) is 28.7 Å². The third kappa shape index (κ3) is 10.8. The number of nitrogens with two attached hydrogens (primary N) is 1. The summed E-state index contributed by atoms with van der Waals surface area (Å²) >= 11 is 0. The minimum Gasteiger partial charge on any atom is -0.478 e. The van der Waals surface area contributed by atoms with E-state index in [9.17, 15) is 58.2 Å². The number of carboxylic acid groups (broad SMARTS) is 1. The second-order valence-electron chi connectivity index (χ2n) is 12.6. The van der Waals surface area contributed by atoms with Crippen LogP contribution in [0.1, 0.15) is 62.3 Å². The molecule has 0 fully saturated rings. The largest absolute Gasteiger partial charge is 0.478 e. The van der Waals surface area contributed by atoms with Crippen molar-refractivity contribution in [2.75, 3.05) is 45.0 Å². The molecule has 3 aromatic rings. The number of carboxylic acids is 1. The lowest BCUT2D eigenvalue weighted by atomic mass is 9.89. The zero-order valence-corrected chi connectivity index (χ0v) is 34.9. The normalized spacial score (nSPS) is 11.6. The number of fused-ring (bicyclic) bond motifs is 2. The Kier molecular flexibility index (Phi) is 16.5. The van der Waals surface area contributed by atoms with Crippen LogP contribution >= 0.6 is 0 Å². The van der Waals surface area contributed by atoms with E-state index in [1.165, 1.54) is 39.3 Å². The Morgan fingerprint density at radius 3 is 1.65 bits per heavy atom. The topological polar surface area (TPSA) is 242 Å². The van der Waals surface area contributed by atoms with E-state index in [1.807, 2.05) is 0 Å². The highest BCUT2D eigenvalue weighted by Gasteiger charge is 2.32. The van der Waals surface area contributed by atoms with Crippen LogP contribution in [-0.4, -0.2) is 92.1 Å². The number of carbonyl (C=O) groups is 2. The molecule has 2 aliphatic rings. The summed E-state index contributed by atoms with van der Waals surface area (Å²) in [6.45, 7) is 20.2. The van der Waals surface area contributed by atoms with Gasteiger partial charge in [0.15, 0.2) is 32.8 Å². The number of hydrogen-bond donors (Lipinski definition) is 5. The first-order valence-electron chi connectivity index (χ1n) is 18.2. The molecule has 1 aliphatic carbocycles. The summed E-state index contributed by atoms with van der Waals surface area (Å²) in [5, 5.41) is 16.9. The standard InChI is InChI=1S/C27H14F4N2O11S2.2C6H15N/c28-14-8-15(29)20(31)23(19(14)30)44-27(36)9-1-2-10(13(7-9)26(34)35)18-11-3-5-16(32)24(45(37,38)39)21(11)43-22-12(18)4-6-17(33)25(22)46(40,41)42;2*1-4-7(5-2)6-3/h1-8,32H,33H2,(H,34,35)(H,37,38,39)(H,40,41,42);2*4-6H2,1-3H3. The van der Waals surface area contributed by atoms with Crippen molar-refractivity contribution in [3.8, 4) is 28.2 Å². The number of carbonyl (C=O) groups excluding carboxylic acids is 1. The van der Waals surface area contributed by atoms with E-state index in [2.05, 4.69) is 56.1 Å². The first-order chi connectivity index (χ1) is 28.0. The lowest BCUT2D eigenvalue weighted by Gasteiger charge is -2.20. The molecule has 0 aromatic heterocycles. The van der Waals surface area contributed by atoms with Crippen molar-refractivity contribution < 1.29 is 67.4 Å². The van der Waals surface area contributed by atoms with Crippen LogP contribution in [-0.2, 0) is 20.2 Å². The smallest absolute Gasteiger partial charge is 0.343 e. The van der Waals surface area contributed by atoms with Gasteiger partial charge in [-0.2, -0.15) is 25.6 Å². The Hall–Kier alpha value is -5.45. The Balaban J connectivity index is 0.000000589. The number of nitrogens with zero attached hydrogens (tertiary/aromatic N) is 2. The third-order valence-electron chi connectivity index (χ3n) is 9.22. The Bertz CT molecular complexity index is 2600. The van der Waals surface area contributed by atoms with Crippen LogP contribution < -0.4 is 15.8 Å². The predicted molar refractivity (Wildman–Crippen MR) is 213 cm³/mol. The van der Waals surface area contributed by atoms with Gasteiger partial charge in [-0.05, 0) is 81.2 Å². The number of aromatic carboxylic acids is 1. The zero-order valence-electron chi connectivity index (χ0n) is 33.3. The van der Waals surface area contributed by atoms with Gasteiger partial charge in [0.25, 0.3) is 20.2 Å². The molecule has 0 atom stereocenters. The van der Waals surface area contributed by atoms with Crippen LogP contribution in [0.4, 0.5) is 23.2 Å². The van der Waals surface area contributed by atoms with E-state index < -0.39 is 110 Å². The lowest BCUT2D eigenvalue weighted by molar-refractivity contribution is 0.0697. The molecule has 0 saturated heterocycles. The SMILES string of the molecule is CCN(CC)CC.CCN(CC)CC.N=c1ccc2c(-c3ccc(C(=O)Oc4c(F)c(F)cc(F)c4F)cc3C(=O)O)c3ccc(N)c(S(=O)(=O)O)c3oc-2c1S(=O)(=O)O. The number of benzene rings is 4. The van der Waals surface area contributed by atoms with Gasteiger partial charge in [-0.3, -0.25) is 14.5 Å². The highest BCUT2D eigenvalue weighted by molar-refractivity contribution is 7.86. The molecule has 60 heavy (non-hydrogen) atoms. The van der Waals surface area contributed by atoms with Crippen LogP contribution in [0.25, 0.3) is 33.4 Å². The van der Waals surface area contributed by atoms with Gasteiger partial charge in [-0.25, -0.2) is 18.4 Å². The number of hydrogen-bond acceptors (Lipinski definition) is 12. The van der Waals surface area contributed by atoms with Crippen molar-refractivity contribution in [3.63, 3.8) is 0 Å². The molecule has 15 nitrogen and oxygen atoms in total. The van der Waals surface area contributed by atoms with Gasteiger partial charge in [0.2, 0.25) is 17.4 Å². The molecule has 0 amide bonds. The van der Waals surface area contributed by atoms with Crippen molar-refractivity contribution in [1.29, 1.82) is 5.41 Å². The molecule has 326 valence electrons. The maximum atomic E-state index is 14.1. The zero-order chi connectivity index (χ0) is 45.4. The molecule has 0 bridgehead atoms. The quantitative estimate of drug-likeness (QED) is 0.0162. The van der Waals surface area contributed by atoms with Gasteiger partial charge in [0.1, 0.15) is 0 Å². The molecular formula is C39H44F4N4O11S2. The Morgan fingerprint density at radius 2 is 1.22 bits per heavy atom. The van der Waals surface area contributed by atoms with Gasteiger partial charge < -0.3 is 29.8 Å². The minimum atomic E-state index is -5.29. The molecule has 1 heterocycles. The molecule has 0 unspecified atom stereocenters. The van der Waals surface area contributed by atoms with Gasteiger partial charge >= 0.3 is 11.9 Å². The molecule has 0 radical (unpaired) electrons. The number of ether oxygens (including phenoxy) is 1. The second-order valence-corrected chi connectivity index (χ2v) is 15.3. The van der Waals surface area contributed by atoms with E-state index in [1.54, 1.807) is 0 Å². The number of anilines is 1. The third-order valence-corrected chi connectivity index (χ3v) is 11.1. The van der Waals surface area contributed by atoms with Crippen molar-refractivity contribution in [2.24, 2.45) is 0 Å². The summed E-state index contributed by atoms with van der Waals surface area (Å²) in [6, 6.07) is 6.23. The number of esters is 1. The van der Waals surface area contributed by atoms with E-state index in [0.717, 1.165) is 36.4 Å². The van der Waals surface area contributed by atoms with E-state index in [0.29, 0.717) is 6.07 Å². The minimum absolute atomic E-state index is 0.141. The fraction of sp³-hybridized carbons (Fsp3) is 0.308. The van der Waals surface area contributed by atoms with E-state index >= 15 is 0 Å². The number of nitrogen functional groups attached to an aromatic ring is 1. The summed E-state index contributed by atoms with van der Waals surface area (Å²) in [6.07, 6.45) is 0. The van der Waals surface area contributed by atoms with E-state index in [4.69, 9.17) is 15.6 Å². The van der Waals surface area contributed by atoms with Gasteiger partial charge in [0, 0.05) is 22.6 Å². The van der Waals surface area contributed by atoms with Crippen LogP contribution in [0.5, 0.6) is 5.75 Å². The molecule has 5 rings (SSSR count). The van der Waals surface area contributed by atoms with Crippen molar-refractivity contribution in [1.82, 2.24) is 9.80 Å². The average Bonchev–Trinajstić information content (AvgIpc) is 3.18. The number of halogens is 4. The van der Waals surface area contributed by atoms with Crippen molar-refractivity contribution in [3.05, 3.63) is 88.3 Å². The molecule has 1 aliphatic heterocycles. The monoisotopic (exact) mass is 884 g/mol. The van der Waals surface area contributed by atoms with Gasteiger partial charge in [-0.15, -0.1) is 0 Å². The molecular weight excluding hydrogens is 841 g/mol. The van der Waals surface area contributed by atoms with Crippen LogP contribution in [0.2, 0.25) is 0 Å². The van der Waals surface area contributed by atoms with Crippen molar-refractivity contribution in [2.45, 2.75) is 51.3 Å². The summed E-state index contributed by atoms with van der Waals surface area (Å²) in [5.74, 6) is -14.0. The highest BCUT2D eigenvalue weighted by atomic mass is 32.2. The molecule has 0 saturated carbocycles. The lowest BCUT2D eigenvalue weighted by Crippen LogP contribution is -2.21. The summed E-state index contributed by atoms with van der Waals surface area (Å²) in [5.41, 5.74) is 1.68. The van der Waals surface area contributed by atoms with Crippen LogP contribution in [0.3, 0.4) is 0 Å². The maximum Gasteiger partial charge on any atom is 0.343 e. The summed E-state index contributed by atoms with van der Waals surface area (Å²) < 4.78 is 134.